The van der Waals surface area contributed by atoms with Gasteiger partial charge < -0.3 is 10.6 Å². The van der Waals surface area contributed by atoms with Crippen LogP contribution in [0.3, 0.4) is 0 Å². The van der Waals surface area contributed by atoms with Crippen LogP contribution in [0.1, 0.15) is 37.1 Å². The molecule has 0 aliphatic heterocycles. The van der Waals surface area contributed by atoms with Crippen molar-refractivity contribution in [2.75, 3.05) is 10.6 Å². The van der Waals surface area contributed by atoms with Crippen molar-refractivity contribution in [1.82, 2.24) is 39.2 Å². The third-order valence-electron chi connectivity index (χ3n) is 7.11. The maximum Gasteiger partial charge on any atom is 0.416 e. The van der Waals surface area contributed by atoms with Crippen molar-refractivity contribution in [2.45, 2.75) is 31.9 Å². The second-order valence-electron chi connectivity index (χ2n) is 10.9. The minimum atomic E-state index is -4.43. The number of allylic oxidation sites excluding steroid dienone is 6. The predicted molar refractivity (Wildman–Crippen MR) is 186 cm³/mol. The van der Waals surface area contributed by atoms with E-state index >= 15 is 0 Å². The molecular formula is C33H27Br2F3N10. The molecule has 6 aromatic rings. The summed E-state index contributed by atoms with van der Waals surface area (Å²) in [6.45, 7) is 4.25. The van der Waals surface area contributed by atoms with Gasteiger partial charge in [-0.1, -0.05) is 44.2 Å². The highest BCUT2D eigenvalue weighted by Crippen LogP contribution is 2.34. The Hall–Kier alpha value is -4.89. The zero-order valence-corrected chi connectivity index (χ0v) is 28.6. The number of hydrogen-bond donors (Lipinski definition) is 2. The maximum absolute atomic E-state index is 13.2. The average molecular weight is 780 g/mol. The van der Waals surface area contributed by atoms with Crippen molar-refractivity contribution in [3.8, 4) is 0 Å². The Balaban J connectivity index is 0.000000177. The Morgan fingerprint density at radius 2 is 1.46 bits per heavy atom. The molecule has 1 unspecified atom stereocenters. The lowest BCUT2D eigenvalue weighted by molar-refractivity contribution is -0.0884. The molecule has 0 spiro atoms. The summed E-state index contributed by atoms with van der Waals surface area (Å²) in [6.07, 6.45) is 12.6. The number of anilines is 4. The van der Waals surface area contributed by atoms with E-state index < -0.39 is 17.7 Å². The highest BCUT2D eigenvalue weighted by atomic mass is 79.9. The molecular weight excluding hydrogens is 753 g/mol. The third kappa shape index (κ3) is 7.47. The van der Waals surface area contributed by atoms with Gasteiger partial charge in [0.25, 0.3) is 0 Å². The fourth-order valence-corrected chi connectivity index (χ4v) is 5.44. The summed E-state index contributed by atoms with van der Waals surface area (Å²) >= 11 is 6.88. The number of halogens is 5. The quantitative estimate of drug-likeness (QED) is 0.172. The van der Waals surface area contributed by atoms with Crippen LogP contribution in [0.2, 0.25) is 0 Å². The summed E-state index contributed by atoms with van der Waals surface area (Å²) in [5.41, 5.74) is 3.77. The van der Waals surface area contributed by atoms with E-state index in [1.54, 1.807) is 70.5 Å². The lowest BCUT2D eigenvalue weighted by Crippen LogP contribution is -2.11. The van der Waals surface area contributed by atoms with Crippen LogP contribution in [-0.4, -0.2) is 45.3 Å². The summed E-state index contributed by atoms with van der Waals surface area (Å²) in [6, 6.07) is 11.1. The van der Waals surface area contributed by atoms with Crippen LogP contribution < -0.4 is 10.6 Å². The van der Waals surface area contributed by atoms with Crippen LogP contribution in [0.5, 0.6) is 0 Å². The standard InChI is InChI=1S/C19H13BrF3N5.C14H14BrN5/c20-15-11-25-28-17(26-14-6-3-7-24-10-14)9-16(27-18(15)28)12-4-1-2-5-13(8-12)19(21,22)23;1-9(2)12-7-13(18-10-3-5-16-6-4-10)20-14(19-12)11(15)8-17-20/h1-12,26H;3-9H,1-2H3,(H,16,18). The smallest absolute Gasteiger partial charge is 0.340 e. The third-order valence-corrected chi connectivity index (χ3v) is 8.23. The molecule has 2 N–H and O–H groups in total. The number of pyridine rings is 2. The van der Waals surface area contributed by atoms with Crippen LogP contribution in [0.4, 0.5) is 36.2 Å². The van der Waals surface area contributed by atoms with Gasteiger partial charge in [-0.05, 0) is 62.0 Å². The summed E-state index contributed by atoms with van der Waals surface area (Å²) in [4.78, 5) is 17.2. The zero-order valence-electron chi connectivity index (χ0n) is 25.4. The predicted octanol–water partition coefficient (Wildman–Crippen LogP) is 9.08. The van der Waals surface area contributed by atoms with Crippen molar-refractivity contribution in [3.05, 3.63) is 130 Å². The SMILES string of the molecule is CC(C)c1cc(Nc2ccncc2)n2ncc(Br)c2n1.FC(F)(F)C1=CC(c2cc(Nc3cccnc3)n3ncc(Br)c3n2)C=CC=C1. The summed E-state index contributed by atoms with van der Waals surface area (Å²) in [7, 11) is 0. The highest BCUT2D eigenvalue weighted by Gasteiger charge is 2.33. The van der Waals surface area contributed by atoms with Gasteiger partial charge in [0.15, 0.2) is 11.3 Å². The molecule has 15 heteroatoms. The molecule has 10 nitrogen and oxygen atoms in total. The first kappa shape index (κ1) is 33.0. The zero-order chi connectivity index (χ0) is 33.8. The van der Waals surface area contributed by atoms with Crippen LogP contribution in [0.25, 0.3) is 11.3 Å². The Bertz CT molecular complexity index is 2140. The molecule has 0 amide bonds. The van der Waals surface area contributed by atoms with Crippen molar-refractivity contribution < 1.29 is 13.2 Å². The van der Waals surface area contributed by atoms with Gasteiger partial charge in [0.1, 0.15) is 11.6 Å². The van der Waals surface area contributed by atoms with Gasteiger partial charge in [-0.25, -0.2) is 9.97 Å². The monoisotopic (exact) mass is 778 g/mol. The molecule has 0 bridgehead atoms. The van der Waals surface area contributed by atoms with Gasteiger partial charge in [0.2, 0.25) is 0 Å². The number of nitrogens with zero attached hydrogens (tertiary/aromatic N) is 8. The van der Waals surface area contributed by atoms with E-state index in [1.165, 1.54) is 6.08 Å². The van der Waals surface area contributed by atoms with Gasteiger partial charge >= 0.3 is 6.18 Å². The Morgan fingerprint density at radius 1 is 0.792 bits per heavy atom. The van der Waals surface area contributed by atoms with Gasteiger partial charge in [-0.15, -0.1) is 0 Å². The Morgan fingerprint density at radius 3 is 2.10 bits per heavy atom. The summed E-state index contributed by atoms with van der Waals surface area (Å²) < 4.78 is 44.6. The molecule has 6 aromatic heterocycles. The fraction of sp³-hybridized carbons (Fsp3) is 0.152. The van der Waals surface area contributed by atoms with Crippen molar-refractivity contribution in [3.63, 3.8) is 0 Å². The Kier molecular flexibility index (Phi) is 9.68. The molecule has 0 saturated heterocycles. The van der Waals surface area contributed by atoms with Gasteiger partial charge in [-0.2, -0.15) is 32.4 Å². The topological polar surface area (TPSA) is 110 Å². The van der Waals surface area contributed by atoms with E-state index in [9.17, 15) is 13.2 Å². The van der Waals surface area contributed by atoms with E-state index in [-0.39, 0.29) is 0 Å². The molecule has 244 valence electrons. The summed E-state index contributed by atoms with van der Waals surface area (Å²) in [5.74, 6) is 1.15. The van der Waals surface area contributed by atoms with E-state index in [0.717, 1.165) is 45.2 Å². The molecule has 0 fully saturated rings. The minimum Gasteiger partial charge on any atom is -0.340 e. The van der Waals surface area contributed by atoms with Crippen molar-refractivity contribution in [1.29, 1.82) is 0 Å². The second-order valence-corrected chi connectivity index (χ2v) is 12.6. The fourth-order valence-electron chi connectivity index (χ4n) is 4.74. The largest absolute Gasteiger partial charge is 0.416 e. The van der Waals surface area contributed by atoms with Crippen LogP contribution >= 0.6 is 31.9 Å². The first-order chi connectivity index (χ1) is 23.1. The second kappa shape index (κ2) is 14.1. The Labute approximate surface area is 289 Å². The number of fused-ring (bicyclic) bond motifs is 2. The van der Waals surface area contributed by atoms with Crippen molar-refractivity contribution >= 4 is 66.2 Å². The highest BCUT2D eigenvalue weighted by molar-refractivity contribution is 9.11. The molecule has 1 aliphatic carbocycles. The van der Waals surface area contributed by atoms with Crippen LogP contribution in [0, 0.1) is 0 Å². The molecule has 0 radical (unpaired) electrons. The minimum absolute atomic E-state index is 0.347. The first-order valence-corrected chi connectivity index (χ1v) is 16.2. The van der Waals surface area contributed by atoms with Crippen LogP contribution in [-0.2, 0) is 0 Å². The molecule has 1 aliphatic rings. The van der Waals surface area contributed by atoms with Gasteiger partial charge in [0.05, 0.1) is 44.5 Å². The first-order valence-electron chi connectivity index (χ1n) is 14.6. The number of rotatable bonds is 6. The maximum atomic E-state index is 13.2. The summed E-state index contributed by atoms with van der Waals surface area (Å²) in [5, 5.41) is 15.2. The van der Waals surface area contributed by atoms with E-state index in [2.05, 4.69) is 86.5 Å². The molecule has 48 heavy (non-hydrogen) atoms. The molecule has 6 heterocycles. The van der Waals surface area contributed by atoms with E-state index in [1.807, 2.05) is 24.3 Å². The number of alkyl halides is 3. The molecule has 0 aromatic carbocycles. The van der Waals surface area contributed by atoms with E-state index in [4.69, 9.17) is 0 Å². The molecule has 7 rings (SSSR count). The normalized spacial score (nSPS) is 14.5. The molecule has 1 atom stereocenters. The lowest BCUT2D eigenvalue weighted by Gasteiger charge is -2.14. The van der Waals surface area contributed by atoms with Gasteiger partial charge in [-0.3, -0.25) is 9.97 Å². The van der Waals surface area contributed by atoms with Gasteiger partial charge in [0, 0.05) is 48.0 Å². The average Bonchev–Trinajstić information content (AvgIpc) is 3.52. The molecule has 0 saturated carbocycles. The van der Waals surface area contributed by atoms with Crippen molar-refractivity contribution in [2.24, 2.45) is 0 Å². The van der Waals surface area contributed by atoms with E-state index in [0.29, 0.717) is 27.5 Å². The lowest BCUT2D eigenvalue weighted by atomic mass is 10.0. The van der Waals surface area contributed by atoms with Crippen LogP contribution in [0.15, 0.2) is 118 Å². The number of aromatic nitrogens is 8. The number of hydrogen-bond acceptors (Lipinski definition) is 8. The number of nitrogens with one attached hydrogen (secondary N) is 2.